The van der Waals surface area contributed by atoms with E-state index in [1.807, 2.05) is 13.0 Å². The van der Waals surface area contributed by atoms with Crippen LogP contribution in [0, 0.1) is 6.92 Å². The monoisotopic (exact) mass is 234 g/mol. The van der Waals surface area contributed by atoms with Crippen LogP contribution in [0.5, 0.6) is 5.75 Å². The topological polar surface area (TPSA) is 9.23 Å². The van der Waals surface area contributed by atoms with Crippen LogP contribution >= 0.6 is 11.6 Å². The van der Waals surface area contributed by atoms with Gasteiger partial charge in [0.15, 0.2) is 0 Å². The summed E-state index contributed by atoms with van der Waals surface area (Å²) >= 11 is 5.55. The van der Waals surface area contributed by atoms with Crippen molar-refractivity contribution < 1.29 is 13.5 Å². The molecule has 0 aliphatic carbocycles. The van der Waals surface area contributed by atoms with E-state index in [0.717, 1.165) is 17.5 Å². The van der Waals surface area contributed by atoms with E-state index in [-0.39, 0.29) is 5.75 Å². The summed E-state index contributed by atoms with van der Waals surface area (Å²) < 4.78 is 28.7. The zero-order chi connectivity index (χ0) is 11.3. The Labute approximate surface area is 93.0 Å². The molecule has 0 saturated heterocycles. The number of hydrogen-bond donors (Lipinski definition) is 0. The fraction of sp³-hybridized carbons (Fsp3) is 0.455. The van der Waals surface area contributed by atoms with Crippen molar-refractivity contribution in [3.05, 3.63) is 29.3 Å². The largest absolute Gasteiger partial charge is 0.435 e. The molecule has 0 fully saturated rings. The van der Waals surface area contributed by atoms with Crippen molar-refractivity contribution in [1.82, 2.24) is 0 Å². The zero-order valence-corrected chi connectivity index (χ0v) is 9.23. The summed E-state index contributed by atoms with van der Waals surface area (Å²) in [5, 5.41) is 0. The summed E-state index contributed by atoms with van der Waals surface area (Å²) in [4.78, 5) is 0. The van der Waals surface area contributed by atoms with Crippen molar-refractivity contribution in [3.63, 3.8) is 0 Å². The van der Waals surface area contributed by atoms with Crippen LogP contribution in [0.4, 0.5) is 8.78 Å². The lowest BCUT2D eigenvalue weighted by molar-refractivity contribution is -0.0504. The first-order chi connectivity index (χ1) is 7.13. The molecule has 0 atom stereocenters. The summed E-state index contributed by atoms with van der Waals surface area (Å²) in [5.41, 5.74) is 1.68. The molecule has 0 aliphatic heterocycles. The maximum atomic E-state index is 12.1. The highest BCUT2D eigenvalue weighted by atomic mass is 35.5. The number of rotatable bonds is 5. The Balaban J connectivity index is 2.82. The van der Waals surface area contributed by atoms with Crippen molar-refractivity contribution in [1.29, 1.82) is 0 Å². The average Bonchev–Trinajstić information content (AvgIpc) is 2.16. The normalized spacial score (nSPS) is 10.7. The smallest absolute Gasteiger partial charge is 0.387 e. The quantitative estimate of drug-likeness (QED) is 0.705. The Morgan fingerprint density at radius 3 is 2.73 bits per heavy atom. The predicted molar refractivity (Wildman–Crippen MR) is 56.9 cm³/mol. The molecule has 0 amide bonds. The predicted octanol–water partition coefficient (Wildman–Crippen LogP) is 3.77. The van der Waals surface area contributed by atoms with E-state index >= 15 is 0 Å². The molecule has 4 heteroatoms. The molecule has 0 radical (unpaired) electrons. The number of halogens is 3. The van der Waals surface area contributed by atoms with Gasteiger partial charge in [0.1, 0.15) is 5.75 Å². The second-order valence-electron chi connectivity index (χ2n) is 3.28. The summed E-state index contributed by atoms with van der Waals surface area (Å²) in [6.45, 7) is -0.939. The Kier molecular flexibility index (Phi) is 4.82. The van der Waals surface area contributed by atoms with Gasteiger partial charge in [-0.1, -0.05) is 12.1 Å². The minimum atomic E-state index is -2.78. The second kappa shape index (κ2) is 5.91. The lowest BCUT2D eigenvalue weighted by Gasteiger charge is -2.10. The fourth-order valence-corrected chi connectivity index (χ4v) is 1.46. The van der Waals surface area contributed by atoms with Gasteiger partial charge in [-0.3, -0.25) is 0 Å². The van der Waals surface area contributed by atoms with E-state index < -0.39 is 6.61 Å². The van der Waals surface area contributed by atoms with Gasteiger partial charge in [0.2, 0.25) is 0 Å². The fourth-order valence-electron chi connectivity index (χ4n) is 1.33. The molecular formula is C11H13ClF2O. The van der Waals surface area contributed by atoms with Crippen LogP contribution in [-0.4, -0.2) is 12.5 Å². The highest BCUT2D eigenvalue weighted by Crippen LogP contribution is 2.23. The third-order valence-corrected chi connectivity index (χ3v) is 2.29. The highest BCUT2D eigenvalue weighted by Gasteiger charge is 2.09. The average molecular weight is 235 g/mol. The highest BCUT2D eigenvalue weighted by molar-refractivity contribution is 6.17. The van der Waals surface area contributed by atoms with E-state index in [1.54, 1.807) is 12.1 Å². The van der Waals surface area contributed by atoms with Gasteiger partial charge < -0.3 is 4.74 Å². The minimum Gasteiger partial charge on any atom is -0.435 e. The van der Waals surface area contributed by atoms with Crippen molar-refractivity contribution in [2.75, 3.05) is 5.88 Å². The minimum absolute atomic E-state index is 0.259. The van der Waals surface area contributed by atoms with Gasteiger partial charge in [0, 0.05) is 5.88 Å². The maximum Gasteiger partial charge on any atom is 0.387 e. The molecule has 1 rings (SSSR count). The summed E-state index contributed by atoms with van der Waals surface area (Å²) in [7, 11) is 0. The molecular weight excluding hydrogens is 222 g/mol. The lowest BCUT2D eigenvalue weighted by Crippen LogP contribution is -2.05. The van der Waals surface area contributed by atoms with E-state index in [1.165, 1.54) is 0 Å². The number of hydrogen-bond acceptors (Lipinski definition) is 1. The van der Waals surface area contributed by atoms with Crippen LogP contribution in [0.3, 0.4) is 0 Å². The third kappa shape index (κ3) is 4.04. The van der Waals surface area contributed by atoms with Crippen LogP contribution in [0.1, 0.15) is 17.5 Å². The summed E-state index contributed by atoms with van der Waals surface area (Å²) in [5.74, 6) is 0.775. The molecule has 0 unspecified atom stereocenters. The molecule has 0 spiro atoms. The first-order valence-electron chi connectivity index (χ1n) is 4.74. The Morgan fingerprint density at radius 2 is 2.13 bits per heavy atom. The van der Waals surface area contributed by atoms with E-state index in [2.05, 4.69) is 4.74 Å². The van der Waals surface area contributed by atoms with Crippen LogP contribution in [0.15, 0.2) is 18.2 Å². The molecule has 0 aromatic heterocycles. The zero-order valence-electron chi connectivity index (χ0n) is 8.47. The Morgan fingerprint density at radius 1 is 1.40 bits per heavy atom. The van der Waals surface area contributed by atoms with Crippen LogP contribution < -0.4 is 4.74 Å². The molecule has 0 N–H and O–H groups in total. The SMILES string of the molecule is Cc1ccc(CCCCl)c(OC(F)F)c1. The van der Waals surface area contributed by atoms with Crippen molar-refractivity contribution in [3.8, 4) is 5.75 Å². The van der Waals surface area contributed by atoms with Gasteiger partial charge in [-0.25, -0.2) is 0 Å². The number of aryl methyl sites for hydroxylation is 2. The Hall–Kier alpha value is -0.830. The van der Waals surface area contributed by atoms with E-state index in [0.29, 0.717) is 12.3 Å². The van der Waals surface area contributed by atoms with Crippen LogP contribution in [0.25, 0.3) is 0 Å². The molecule has 0 heterocycles. The molecule has 0 bridgehead atoms. The summed E-state index contributed by atoms with van der Waals surface area (Å²) in [6.07, 6.45) is 1.41. The third-order valence-electron chi connectivity index (χ3n) is 2.02. The van der Waals surface area contributed by atoms with Crippen molar-refractivity contribution in [2.24, 2.45) is 0 Å². The second-order valence-corrected chi connectivity index (χ2v) is 3.66. The standard InChI is InChI=1S/C11H13ClF2O/c1-8-4-5-9(3-2-6-12)10(7-8)15-11(13)14/h4-5,7,11H,2-3,6H2,1H3. The molecule has 1 nitrogen and oxygen atoms in total. The van der Waals surface area contributed by atoms with Crippen molar-refractivity contribution >= 4 is 11.6 Å². The van der Waals surface area contributed by atoms with Crippen LogP contribution in [-0.2, 0) is 6.42 Å². The number of benzene rings is 1. The molecule has 84 valence electrons. The molecule has 0 saturated carbocycles. The first-order valence-corrected chi connectivity index (χ1v) is 5.27. The summed E-state index contributed by atoms with van der Waals surface area (Å²) in [6, 6.07) is 5.30. The van der Waals surface area contributed by atoms with Gasteiger partial charge >= 0.3 is 6.61 Å². The number of alkyl halides is 3. The maximum absolute atomic E-state index is 12.1. The molecule has 15 heavy (non-hydrogen) atoms. The van der Waals surface area contributed by atoms with E-state index in [4.69, 9.17) is 11.6 Å². The number of ether oxygens (including phenoxy) is 1. The Bertz CT molecular complexity index is 315. The molecule has 1 aromatic carbocycles. The first kappa shape index (κ1) is 12.2. The van der Waals surface area contributed by atoms with Gasteiger partial charge in [-0.15, -0.1) is 11.6 Å². The molecule has 1 aromatic rings. The van der Waals surface area contributed by atoms with Gasteiger partial charge in [0.05, 0.1) is 0 Å². The van der Waals surface area contributed by atoms with Crippen LogP contribution in [0.2, 0.25) is 0 Å². The van der Waals surface area contributed by atoms with Gasteiger partial charge in [-0.05, 0) is 37.0 Å². The van der Waals surface area contributed by atoms with Gasteiger partial charge in [-0.2, -0.15) is 8.78 Å². The lowest BCUT2D eigenvalue weighted by atomic mass is 10.1. The molecule has 0 aliphatic rings. The van der Waals surface area contributed by atoms with Crippen molar-refractivity contribution in [2.45, 2.75) is 26.4 Å². The van der Waals surface area contributed by atoms with E-state index in [9.17, 15) is 8.78 Å². The van der Waals surface area contributed by atoms with Gasteiger partial charge in [0.25, 0.3) is 0 Å².